The first-order chi connectivity index (χ1) is 8.29. The fourth-order valence-electron chi connectivity index (χ4n) is 1.61. The minimum absolute atomic E-state index is 0.0176. The number of hydrogen-bond donors (Lipinski definition) is 1. The van der Waals surface area contributed by atoms with Gasteiger partial charge in [0.25, 0.3) is 0 Å². The van der Waals surface area contributed by atoms with Gasteiger partial charge in [-0.1, -0.05) is 12.2 Å². The molecule has 0 unspecified atom stereocenters. The number of carboxylic acids is 1. The van der Waals surface area contributed by atoms with E-state index in [0.717, 1.165) is 5.57 Å². The van der Waals surface area contributed by atoms with Gasteiger partial charge >= 0.3 is 12.0 Å². The first-order valence-corrected chi connectivity index (χ1v) is 6.21. The summed E-state index contributed by atoms with van der Waals surface area (Å²) < 4.78 is 0. The van der Waals surface area contributed by atoms with E-state index in [1.165, 1.54) is 0 Å². The SMILES string of the molecule is C=C(C)CN(CC)C(=O)N(CCC(=O)O)C(C)C. The number of carbonyl (C=O) groups is 2. The van der Waals surface area contributed by atoms with E-state index in [-0.39, 0.29) is 25.0 Å². The third kappa shape index (κ3) is 5.70. The normalized spacial score (nSPS) is 10.3. The van der Waals surface area contributed by atoms with Crippen molar-refractivity contribution in [1.29, 1.82) is 0 Å². The number of carbonyl (C=O) groups excluding carboxylic acids is 1. The molecule has 18 heavy (non-hydrogen) atoms. The van der Waals surface area contributed by atoms with Gasteiger partial charge in [-0.3, -0.25) is 4.79 Å². The Morgan fingerprint density at radius 3 is 2.22 bits per heavy atom. The van der Waals surface area contributed by atoms with Crippen LogP contribution in [0.4, 0.5) is 4.79 Å². The Morgan fingerprint density at radius 2 is 1.89 bits per heavy atom. The Kier molecular flexibility index (Phi) is 7.08. The lowest BCUT2D eigenvalue weighted by Gasteiger charge is -2.32. The Balaban J connectivity index is 4.71. The third-order valence-electron chi connectivity index (χ3n) is 2.55. The maximum Gasteiger partial charge on any atom is 0.320 e. The van der Waals surface area contributed by atoms with Crippen molar-refractivity contribution in [2.24, 2.45) is 0 Å². The van der Waals surface area contributed by atoms with Gasteiger partial charge in [0.15, 0.2) is 0 Å². The molecule has 0 bridgehead atoms. The van der Waals surface area contributed by atoms with Crippen molar-refractivity contribution in [3.63, 3.8) is 0 Å². The molecule has 104 valence electrons. The van der Waals surface area contributed by atoms with Crippen molar-refractivity contribution in [2.45, 2.75) is 40.2 Å². The largest absolute Gasteiger partial charge is 0.481 e. The molecule has 0 radical (unpaired) electrons. The number of hydrogen-bond acceptors (Lipinski definition) is 2. The zero-order chi connectivity index (χ0) is 14.3. The summed E-state index contributed by atoms with van der Waals surface area (Å²) in [4.78, 5) is 26.1. The highest BCUT2D eigenvalue weighted by Crippen LogP contribution is 2.07. The van der Waals surface area contributed by atoms with Gasteiger partial charge in [-0.2, -0.15) is 0 Å². The summed E-state index contributed by atoms with van der Waals surface area (Å²) >= 11 is 0. The molecular weight excluding hydrogens is 232 g/mol. The molecule has 0 aliphatic carbocycles. The second kappa shape index (κ2) is 7.74. The van der Waals surface area contributed by atoms with E-state index < -0.39 is 5.97 Å². The summed E-state index contributed by atoms with van der Waals surface area (Å²) in [6.07, 6.45) is -0.0332. The van der Waals surface area contributed by atoms with Crippen LogP contribution in [0, 0.1) is 0 Å². The quantitative estimate of drug-likeness (QED) is 0.710. The van der Waals surface area contributed by atoms with E-state index in [4.69, 9.17) is 5.11 Å². The molecule has 0 aromatic heterocycles. The zero-order valence-electron chi connectivity index (χ0n) is 11.8. The van der Waals surface area contributed by atoms with Gasteiger partial charge < -0.3 is 14.9 Å². The maximum atomic E-state index is 12.3. The van der Waals surface area contributed by atoms with Gasteiger partial charge in [0, 0.05) is 25.7 Å². The lowest BCUT2D eigenvalue weighted by molar-refractivity contribution is -0.137. The number of urea groups is 1. The highest BCUT2D eigenvalue weighted by Gasteiger charge is 2.22. The molecule has 0 atom stereocenters. The number of aliphatic carboxylic acids is 1. The highest BCUT2D eigenvalue weighted by atomic mass is 16.4. The van der Waals surface area contributed by atoms with Crippen LogP contribution in [0.5, 0.6) is 0 Å². The van der Waals surface area contributed by atoms with Gasteiger partial charge in [-0.05, 0) is 27.7 Å². The van der Waals surface area contributed by atoms with E-state index >= 15 is 0 Å². The van der Waals surface area contributed by atoms with Crippen molar-refractivity contribution in [3.8, 4) is 0 Å². The van der Waals surface area contributed by atoms with Gasteiger partial charge in [0.05, 0.1) is 6.42 Å². The fraction of sp³-hybridized carbons (Fsp3) is 0.692. The molecule has 0 fully saturated rings. The molecule has 5 heteroatoms. The molecule has 0 aromatic rings. The van der Waals surface area contributed by atoms with Crippen LogP contribution < -0.4 is 0 Å². The van der Waals surface area contributed by atoms with Crippen LogP contribution >= 0.6 is 0 Å². The van der Waals surface area contributed by atoms with Crippen molar-refractivity contribution in [3.05, 3.63) is 12.2 Å². The zero-order valence-corrected chi connectivity index (χ0v) is 11.8. The summed E-state index contributed by atoms with van der Waals surface area (Å²) in [6.45, 7) is 12.7. The number of rotatable bonds is 7. The molecule has 0 saturated carbocycles. The molecule has 1 N–H and O–H groups in total. The van der Waals surface area contributed by atoms with E-state index in [1.54, 1.807) is 9.80 Å². The summed E-state index contributed by atoms with van der Waals surface area (Å²) in [5.41, 5.74) is 0.909. The van der Waals surface area contributed by atoms with Crippen LogP contribution in [0.15, 0.2) is 12.2 Å². The molecule has 0 spiro atoms. The first kappa shape index (κ1) is 16.5. The standard InChI is InChI=1S/C13H24N2O3/c1-6-14(9-10(2)3)13(18)15(11(4)5)8-7-12(16)17/h11H,2,6-9H2,1,3-5H3,(H,16,17). The van der Waals surface area contributed by atoms with Crippen LogP contribution in [0.25, 0.3) is 0 Å². The van der Waals surface area contributed by atoms with E-state index in [9.17, 15) is 9.59 Å². The van der Waals surface area contributed by atoms with Crippen LogP contribution in [0.1, 0.15) is 34.1 Å². The van der Waals surface area contributed by atoms with Crippen LogP contribution in [0.3, 0.4) is 0 Å². The van der Waals surface area contributed by atoms with Gasteiger partial charge in [-0.25, -0.2) is 4.79 Å². The average Bonchev–Trinajstić information content (AvgIpc) is 2.24. The summed E-state index contributed by atoms with van der Waals surface area (Å²) in [5, 5.41) is 8.70. The van der Waals surface area contributed by atoms with E-state index in [0.29, 0.717) is 13.1 Å². The van der Waals surface area contributed by atoms with Gasteiger partial charge in [0.1, 0.15) is 0 Å². The predicted octanol–water partition coefficient (Wildman–Crippen LogP) is 2.19. The predicted molar refractivity (Wildman–Crippen MR) is 71.6 cm³/mol. The van der Waals surface area contributed by atoms with E-state index in [2.05, 4.69) is 6.58 Å². The molecule has 0 rings (SSSR count). The Bertz CT molecular complexity index is 313. The highest BCUT2D eigenvalue weighted by molar-refractivity contribution is 5.76. The monoisotopic (exact) mass is 256 g/mol. The Labute approximate surface area is 109 Å². The van der Waals surface area contributed by atoms with E-state index in [1.807, 2.05) is 27.7 Å². The number of nitrogens with zero attached hydrogens (tertiary/aromatic N) is 2. The van der Waals surface area contributed by atoms with Crippen LogP contribution in [0.2, 0.25) is 0 Å². The Hall–Kier alpha value is -1.52. The van der Waals surface area contributed by atoms with Gasteiger partial charge in [0.2, 0.25) is 0 Å². The fourth-order valence-corrected chi connectivity index (χ4v) is 1.61. The van der Waals surface area contributed by atoms with Crippen molar-refractivity contribution >= 4 is 12.0 Å². The van der Waals surface area contributed by atoms with Crippen molar-refractivity contribution in [2.75, 3.05) is 19.6 Å². The third-order valence-corrected chi connectivity index (χ3v) is 2.55. The molecular formula is C13H24N2O3. The van der Waals surface area contributed by atoms with Crippen LogP contribution in [-0.4, -0.2) is 52.6 Å². The molecule has 5 nitrogen and oxygen atoms in total. The van der Waals surface area contributed by atoms with Crippen molar-refractivity contribution in [1.82, 2.24) is 9.80 Å². The minimum atomic E-state index is -0.892. The molecule has 2 amide bonds. The lowest BCUT2D eigenvalue weighted by atomic mass is 10.2. The topological polar surface area (TPSA) is 60.9 Å². The van der Waals surface area contributed by atoms with Gasteiger partial charge in [-0.15, -0.1) is 0 Å². The second-order valence-corrected chi connectivity index (χ2v) is 4.68. The Morgan fingerprint density at radius 1 is 1.33 bits per heavy atom. The number of likely N-dealkylation sites (N-methyl/N-ethyl adjacent to an activating group) is 1. The average molecular weight is 256 g/mol. The minimum Gasteiger partial charge on any atom is -0.481 e. The molecule has 0 aliphatic heterocycles. The number of carboxylic acid groups (broad SMARTS) is 1. The summed E-state index contributed by atoms with van der Waals surface area (Å²) in [6, 6.07) is -0.146. The van der Waals surface area contributed by atoms with Crippen molar-refractivity contribution < 1.29 is 14.7 Å². The summed E-state index contributed by atoms with van der Waals surface area (Å²) in [7, 11) is 0. The molecule has 0 aromatic carbocycles. The molecule has 0 aliphatic rings. The molecule has 0 heterocycles. The molecule has 0 saturated heterocycles. The van der Waals surface area contributed by atoms with Crippen LogP contribution in [-0.2, 0) is 4.79 Å². The lowest BCUT2D eigenvalue weighted by Crippen LogP contribution is -2.47. The smallest absolute Gasteiger partial charge is 0.320 e. The summed E-state index contributed by atoms with van der Waals surface area (Å²) in [5.74, 6) is -0.892. The number of amides is 2. The second-order valence-electron chi connectivity index (χ2n) is 4.68. The maximum absolute atomic E-state index is 12.3. The first-order valence-electron chi connectivity index (χ1n) is 6.21.